The summed E-state index contributed by atoms with van der Waals surface area (Å²) in [5.74, 6) is -2.36. The Morgan fingerprint density at radius 1 is 0.913 bits per heavy atom. The maximum atomic E-state index is 11.7. The highest BCUT2D eigenvalue weighted by Crippen LogP contribution is 2.33. The van der Waals surface area contributed by atoms with E-state index in [-0.39, 0.29) is 22.0 Å². The Bertz CT molecular complexity index is 628. The van der Waals surface area contributed by atoms with E-state index in [1.54, 1.807) is 6.07 Å². The van der Waals surface area contributed by atoms with Crippen LogP contribution in [0.2, 0.25) is 0 Å². The zero-order valence-electron chi connectivity index (χ0n) is 15.2. The molecule has 0 atom stereocenters. The maximum absolute atomic E-state index is 11.7. The maximum Gasteiger partial charge on any atom is 0.336 e. The Morgan fingerprint density at radius 2 is 1.39 bits per heavy atom. The lowest BCUT2D eigenvalue weighted by Crippen LogP contribution is -2.21. The summed E-state index contributed by atoms with van der Waals surface area (Å²) in [7, 11) is 0. The van der Waals surface area contributed by atoms with Gasteiger partial charge in [-0.2, -0.15) is 0 Å². The predicted octanol–water partition coefficient (Wildman–Crippen LogP) is 4.57. The monoisotopic (exact) mass is 320 g/mol. The Hall–Kier alpha value is -1.84. The molecule has 0 bridgehead atoms. The van der Waals surface area contributed by atoms with Gasteiger partial charge in [-0.15, -0.1) is 0 Å². The topological polar surface area (TPSA) is 74.6 Å². The standard InChI is InChI=1S/C19H28O4/c1-11-12(9-18(2,3)4)8-13(16(20)21)15(17(22)23)14(11)10-19(5,6)7/h8H,9-10H2,1-7H3,(H,20,21)(H,22,23). The Labute approximate surface area is 138 Å². The minimum atomic E-state index is -1.19. The van der Waals surface area contributed by atoms with Crippen molar-refractivity contribution in [3.05, 3.63) is 33.9 Å². The summed E-state index contributed by atoms with van der Waals surface area (Å²) in [5.41, 5.74) is 2.14. The average molecular weight is 320 g/mol. The molecule has 0 unspecified atom stereocenters. The third kappa shape index (κ3) is 5.08. The first kappa shape index (κ1) is 19.2. The van der Waals surface area contributed by atoms with Crippen molar-refractivity contribution in [2.75, 3.05) is 0 Å². The molecule has 0 amide bonds. The summed E-state index contributed by atoms with van der Waals surface area (Å²) in [6.45, 7) is 14.2. The van der Waals surface area contributed by atoms with Crippen LogP contribution in [-0.4, -0.2) is 22.2 Å². The Kier molecular flexibility index (Phi) is 5.30. The van der Waals surface area contributed by atoms with E-state index < -0.39 is 11.9 Å². The van der Waals surface area contributed by atoms with E-state index in [2.05, 4.69) is 20.8 Å². The summed E-state index contributed by atoms with van der Waals surface area (Å²) in [6, 6.07) is 1.54. The van der Waals surface area contributed by atoms with E-state index >= 15 is 0 Å². The molecule has 0 fully saturated rings. The molecule has 0 aliphatic heterocycles. The fourth-order valence-electron chi connectivity index (χ4n) is 2.82. The lowest BCUT2D eigenvalue weighted by atomic mass is 9.78. The zero-order chi connectivity index (χ0) is 18.2. The molecule has 1 aromatic rings. The van der Waals surface area contributed by atoms with Gasteiger partial charge in [0, 0.05) is 0 Å². The second-order valence-electron chi connectivity index (χ2n) is 8.65. The quantitative estimate of drug-likeness (QED) is 0.852. The molecule has 1 aromatic carbocycles. The van der Waals surface area contributed by atoms with E-state index in [9.17, 15) is 19.8 Å². The van der Waals surface area contributed by atoms with Crippen LogP contribution in [0.25, 0.3) is 0 Å². The van der Waals surface area contributed by atoms with Crippen LogP contribution in [0.1, 0.15) is 78.9 Å². The highest BCUT2D eigenvalue weighted by molar-refractivity contribution is 6.03. The normalized spacial score (nSPS) is 12.3. The lowest BCUT2D eigenvalue weighted by molar-refractivity contribution is 0.0649. The third-order valence-corrected chi connectivity index (χ3v) is 3.70. The number of hydrogen-bond donors (Lipinski definition) is 2. The number of aromatic carboxylic acids is 2. The first-order chi connectivity index (χ1) is 10.2. The molecule has 4 heteroatoms. The Morgan fingerprint density at radius 3 is 1.74 bits per heavy atom. The number of rotatable bonds is 4. The number of carboxylic acid groups (broad SMARTS) is 2. The van der Waals surface area contributed by atoms with Gasteiger partial charge in [0.25, 0.3) is 0 Å². The summed E-state index contributed by atoms with van der Waals surface area (Å²) in [4.78, 5) is 23.3. The van der Waals surface area contributed by atoms with Crippen molar-refractivity contribution in [2.45, 2.75) is 61.3 Å². The molecule has 0 heterocycles. The second kappa shape index (κ2) is 6.34. The van der Waals surface area contributed by atoms with Crippen LogP contribution in [0.15, 0.2) is 6.07 Å². The van der Waals surface area contributed by atoms with Crippen LogP contribution in [0.4, 0.5) is 0 Å². The van der Waals surface area contributed by atoms with Crippen LogP contribution in [-0.2, 0) is 12.8 Å². The molecule has 0 aliphatic carbocycles. The third-order valence-electron chi connectivity index (χ3n) is 3.70. The lowest BCUT2D eigenvalue weighted by Gasteiger charge is -2.26. The van der Waals surface area contributed by atoms with E-state index in [0.717, 1.165) is 11.1 Å². The van der Waals surface area contributed by atoms with Gasteiger partial charge in [-0.1, -0.05) is 41.5 Å². The molecule has 0 saturated heterocycles. The summed E-state index contributed by atoms with van der Waals surface area (Å²) < 4.78 is 0. The molecule has 0 aliphatic rings. The van der Waals surface area contributed by atoms with E-state index in [1.807, 2.05) is 27.7 Å². The summed E-state index contributed by atoms with van der Waals surface area (Å²) in [5, 5.41) is 19.1. The van der Waals surface area contributed by atoms with Crippen LogP contribution < -0.4 is 0 Å². The SMILES string of the molecule is Cc1c(CC(C)(C)C)cc(C(=O)O)c(C(=O)O)c1CC(C)(C)C. The predicted molar refractivity (Wildman–Crippen MR) is 91.4 cm³/mol. The van der Waals surface area contributed by atoms with Gasteiger partial charge in [0.15, 0.2) is 0 Å². The number of carboxylic acids is 2. The van der Waals surface area contributed by atoms with Gasteiger partial charge in [0.2, 0.25) is 0 Å². The summed E-state index contributed by atoms with van der Waals surface area (Å²) >= 11 is 0. The van der Waals surface area contributed by atoms with E-state index in [4.69, 9.17) is 0 Å². The van der Waals surface area contributed by atoms with Gasteiger partial charge in [0.1, 0.15) is 0 Å². The van der Waals surface area contributed by atoms with Gasteiger partial charge in [-0.3, -0.25) is 0 Å². The minimum absolute atomic E-state index is 0.00965. The van der Waals surface area contributed by atoms with Crippen molar-refractivity contribution in [3.8, 4) is 0 Å². The molecule has 0 radical (unpaired) electrons. The highest BCUT2D eigenvalue weighted by Gasteiger charge is 2.28. The van der Waals surface area contributed by atoms with Crippen molar-refractivity contribution >= 4 is 11.9 Å². The van der Waals surface area contributed by atoms with Crippen molar-refractivity contribution < 1.29 is 19.8 Å². The number of benzene rings is 1. The largest absolute Gasteiger partial charge is 0.478 e. The number of hydrogen-bond acceptors (Lipinski definition) is 2. The molecular formula is C19H28O4. The number of carbonyl (C=O) groups is 2. The first-order valence-electron chi connectivity index (χ1n) is 7.85. The van der Waals surface area contributed by atoms with Crippen molar-refractivity contribution in [1.29, 1.82) is 0 Å². The first-order valence-corrected chi connectivity index (χ1v) is 7.85. The van der Waals surface area contributed by atoms with Gasteiger partial charge in [-0.05, 0) is 53.4 Å². The van der Waals surface area contributed by atoms with Crippen molar-refractivity contribution in [1.82, 2.24) is 0 Å². The van der Waals surface area contributed by atoms with E-state index in [0.29, 0.717) is 18.4 Å². The second-order valence-corrected chi connectivity index (χ2v) is 8.65. The molecule has 2 N–H and O–H groups in total. The minimum Gasteiger partial charge on any atom is -0.478 e. The molecule has 0 aromatic heterocycles. The molecule has 4 nitrogen and oxygen atoms in total. The van der Waals surface area contributed by atoms with Gasteiger partial charge in [-0.25, -0.2) is 9.59 Å². The van der Waals surface area contributed by atoms with Crippen LogP contribution in [0.5, 0.6) is 0 Å². The van der Waals surface area contributed by atoms with Gasteiger partial charge >= 0.3 is 11.9 Å². The zero-order valence-corrected chi connectivity index (χ0v) is 15.2. The van der Waals surface area contributed by atoms with Crippen molar-refractivity contribution in [3.63, 3.8) is 0 Å². The van der Waals surface area contributed by atoms with Crippen LogP contribution in [0, 0.1) is 17.8 Å². The molecule has 1 rings (SSSR count). The molecule has 0 saturated carbocycles. The average Bonchev–Trinajstić information content (AvgIpc) is 2.29. The molecule has 23 heavy (non-hydrogen) atoms. The highest BCUT2D eigenvalue weighted by atomic mass is 16.4. The Balaban J connectivity index is 3.72. The summed E-state index contributed by atoms with van der Waals surface area (Å²) in [6.07, 6.45) is 1.23. The molecule has 0 spiro atoms. The molecular weight excluding hydrogens is 292 g/mol. The van der Waals surface area contributed by atoms with Crippen LogP contribution >= 0.6 is 0 Å². The smallest absolute Gasteiger partial charge is 0.336 e. The van der Waals surface area contributed by atoms with E-state index in [1.165, 1.54) is 0 Å². The fraction of sp³-hybridized carbons (Fsp3) is 0.579. The van der Waals surface area contributed by atoms with Crippen molar-refractivity contribution in [2.24, 2.45) is 10.8 Å². The van der Waals surface area contributed by atoms with Crippen LogP contribution in [0.3, 0.4) is 0 Å². The molecule has 128 valence electrons. The fourth-order valence-corrected chi connectivity index (χ4v) is 2.82. The van der Waals surface area contributed by atoms with Gasteiger partial charge in [0.05, 0.1) is 11.1 Å². The van der Waals surface area contributed by atoms with Gasteiger partial charge < -0.3 is 10.2 Å².